The van der Waals surface area contributed by atoms with Gasteiger partial charge in [-0.05, 0) is 17.9 Å². The number of nitrogens with zero attached hydrogens (tertiary/aromatic N) is 1. The van der Waals surface area contributed by atoms with Crippen LogP contribution in [0.1, 0.15) is 17.7 Å². The lowest BCUT2D eigenvalue weighted by atomic mass is 10.1. The first-order valence-electron chi connectivity index (χ1n) is 5.41. The summed E-state index contributed by atoms with van der Waals surface area (Å²) in [4.78, 5) is 23.7. The zero-order chi connectivity index (χ0) is 12.1. The van der Waals surface area contributed by atoms with Crippen LogP contribution in [0.25, 0.3) is 0 Å². The van der Waals surface area contributed by atoms with Gasteiger partial charge in [-0.2, -0.15) is 5.10 Å². The largest absolute Gasteiger partial charge is 0.351 e. The van der Waals surface area contributed by atoms with Crippen molar-refractivity contribution in [3.8, 4) is 0 Å². The number of amides is 2. The Morgan fingerprint density at radius 1 is 1.53 bits per heavy atom. The standard InChI is InChI=1S/C11H13N3O2S/c15-10-4-3-9(13-14-10)11(16)12-6-5-8-2-1-7-17-8/h1-2,7H,3-6H2,(H,12,16)(H,14,15). The maximum Gasteiger partial charge on any atom is 0.267 e. The summed E-state index contributed by atoms with van der Waals surface area (Å²) in [6.07, 6.45) is 1.57. The molecule has 1 aromatic heterocycles. The summed E-state index contributed by atoms with van der Waals surface area (Å²) >= 11 is 1.67. The van der Waals surface area contributed by atoms with E-state index in [4.69, 9.17) is 0 Å². The van der Waals surface area contributed by atoms with E-state index >= 15 is 0 Å². The topological polar surface area (TPSA) is 70.6 Å². The number of nitrogens with one attached hydrogen (secondary N) is 2. The van der Waals surface area contributed by atoms with Crippen LogP contribution in [0.15, 0.2) is 22.6 Å². The molecular formula is C11H13N3O2S. The average molecular weight is 251 g/mol. The van der Waals surface area contributed by atoms with Crippen LogP contribution in [-0.4, -0.2) is 24.1 Å². The molecule has 0 saturated heterocycles. The van der Waals surface area contributed by atoms with E-state index in [1.807, 2.05) is 17.5 Å². The van der Waals surface area contributed by atoms with Crippen LogP contribution >= 0.6 is 11.3 Å². The molecule has 5 nitrogen and oxygen atoms in total. The molecule has 6 heteroatoms. The highest BCUT2D eigenvalue weighted by Gasteiger charge is 2.17. The fourth-order valence-corrected chi connectivity index (χ4v) is 2.20. The van der Waals surface area contributed by atoms with Gasteiger partial charge in [0.25, 0.3) is 5.91 Å². The zero-order valence-corrected chi connectivity index (χ0v) is 10.0. The van der Waals surface area contributed by atoms with Gasteiger partial charge < -0.3 is 5.32 Å². The summed E-state index contributed by atoms with van der Waals surface area (Å²) in [5.41, 5.74) is 2.71. The molecule has 2 heterocycles. The molecule has 0 radical (unpaired) electrons. The van der Waals surface area contributed by atoms with Gasteiger partial charge in [0.2, 0.25) is 5.91 Å². The minimum absolute atomic E-state index is 0.139. The lowest BCUT2D eigenvalue weighted by Gasteiger charge is -2.11. The van der Waals surface area contributed by atoms with Crippen LogP contribution in [0.3, 0.4) is 0 Å². The first-order chi connectivity index (χ1) is 8.25. The SMILES string of the molecule is O=C1CCC(C(=O)NCCc2cccs2)=NN1. The van der Waals surface area contributed by atoms with E-state index in [0.717, 1.165) is 6.42 Å². The molecule has 2 N–H and O–H groups in total. The third-order valence-corrected chi connectivity index (χ3v) is 3.34. The van der Waals surface area contributed by atoms with Crippen molar-refractivity contribution in [1.82, 2.24) is 10.7 Å². The van der Waals surface area contributed by atoms with Crippen LogP contribution in [0, 0.1) is 0 Å². The Morgan fingerprint density at radius 3 is 3.06 bits per heavy atom. The van der Waals surface area contributed by atoms with Gasteiger partial charge in [0.1, 0.15) is 5.71 Å². The lowest BCUT2D eigenvalue weighted by molar-refractivity contribution is -0.121. The maximum absolute atomic E-state index is 11.6. The van der Waals surface area contributed by atoms with E-state index in [9.17, 15) is 9.59 Å². The molecule has 0 bridgehead atoms. The third kappa shape index (κ3) is 3.39. The molecule has 0 unspecified atom stereocenters. The molecule has 0 spiro atoms. The number of rotatable bonds is 4. The molecule has 2 rings (SSSR count). The van der Waals surface area contributed by atoms with Gasteiger partial charge in [-0.1, -0.05) is 6.07 Å². The highest BCUT2D eigenvalue weighted by molar-refractivity contribution is 7.09. The molecule has 0 atom stereocenters. The summed E-state index contributed by atoms with van der Waals surface area (Å²) in [7, 11) is 0. The second-order valence-corrected chi connectivity index (χ2v) is 4.71. The van der Waals surface area contributed by atoms with Crippen LogP contribution in [-0.2, 0) is 16.0 Å². The Kier molecular flexibility index (Phi) is 3.87. The first kappa shape index (κ1) is 11.8. The molecule has 1 aliphatic heterocycles. The van der Waals surface area contributed by atoms with Crippen LogP contribution in [0.5, 0.6) is 0 Å². The van der Waals surface area contributed by atoms with Gasteiger partial charge in [-0.15, -0.1) is 11.3 Å². The molecule has 1 aliphatic rings. The Hall–Kier alpha value is -1.69. The summed E-state index contributed by atoms with van der Waals surface area (Å²) in [6.45, 7) is 0.590. The first-order valence-corrected chi connectivity index (χ1v) is 6.29. The number of hydrogen-bond acceptors (Lipinski definition) is 4. The normalized spacial score (nSPS) is 15.1. The molecule has 90 valence electrons. The Labute approximate surface area is 103 Å². The third-order valence-electron chi connectivity index (χ3n) is 2.40. The monoisotopic (exact) mass is 251 g/mol. The fraction of sp³-hybridized carbons (Fsp3) is 0.364. The van der Waals surface area contributed by atoms with Crippen molar-refractivity contribution in [3.63, 3.8) is 0 Å². The van der Waals surface area contributed by atoms with Crippen LogP contribution in [0.4, 0.5) is 0 Å². The molecule has 17 heavy (non-hydrogen) atoms. The van der Waals surface area contributed by atoms with E-state index in [0.29, 0.717) is 25.1 Å². The summed E-state index contributed by atoms with van der Waals surface area (Å²) < 4.78 is 0. The number of hydrazone groups is 1. The van der Waals surface area contributed by atoms with Crippen molar-refractivity contribution >= 4 is 28.9 Å². The number of carbonyl (C=O) groups is 2. The lowest BCUT2D eigenvalue weighted by Crippen LogP contribution is -2.37. The minimum atomic E-state index is -0.193. The van der Waals surface area contributed by atoms with E-state index < -0.39 is 0 Å². The zero-order valence-electron chi connectivity index (χ0n) is 9.23. The van der Waals surface area contributed by atoms with Crippen molar-refractivity contribution < 1.29 is 9.59 Å². The Bertz CT molecular complexity index is 440. The maximum atomic E-state index is 11.6. The van der Waals surface area contributed by atoms with E-state index in [2.05, 4.69) is 15.8 Å². The van der Waals surface area contributed by atoms with E-state index in [1.54, 1.807) is 11.3 Å². The van der Waals surface area contributed by atoms with E-state index in [1.165, 1.54) is 4.88 Å². The molecule has 0 aliphatic carbocycles. The Balaban J connectivity index is 1.76. The van der Waals surface area contributed by atoms with Gasteiger partial charge in [0.05, 0.1) is 0 Å². The molecular weight excluding hydrogens is 238 g/mol. The van der Waals surface area contributed by atoms with Gasteiger partial charge in [-0.3, -0.25) is 9.59 Å². The number of thiophene rings is 1. The summed E-state index contributed by atoms with van der Waals surface area (Å²) in [5.74, 6) is -0.332. The predicted molar refractivity (Wildman–Crippen MR) is 65.8 cm³/mol. The van der Waals surface area contributed by atoms with Crippen molar-refractivity contribution in [2.75, 3.05) is 6.54 Å². The average Bonchev–Trinajstić information content (AvgIpc) is 2.83. The van der Waals surface area contributed by atoms with Crippen molar-refractivity contribution in [2.45, 2.75) is 19.3 Å². The van der Waals surface area contributed by atoms with Crippen LogP contribution < -0.4 is 10.7 Å². The summed E-state index contributed by atoms with van der Waals surface area (Å²) in [6, 6.07) is 4.03. The molecule has 0 fully saturated rings. The number of carbonyl (C=O) groups excluding carboxylic acids is 2. The van der Waals surface area contributed by atoms with E-state index in [-0.39, 0.29) is 11.8 Å². The summed E-state index contributed by atoms with van der Waals surface area (Å²) in [5, 5.41) is 8.54. The quantitative estimate of drug-likeness (QED) is 0.825. The molecule has 0 aromatic carbocycles. The highest BCUT2D eigenvalue weighted by Crippen LogP contribution is 2.08. The predicted octanol–water partition coefficient (Wildman–Crippen LogP) is 0.673. The number of hydrogen-bond donors (Lipinski definition) is 2. The molecule has 0 saturated carbocycles. The van der Waals surface area contributed by atoms with Gasteiger partial charge in [0.15, 0.2) is 0 Å². The molecule has 1 aromatic rings. The second-order valence-electron chi connectivity index (χ2n) is 3.68. The minimum Gasteiger partial charge on any atom is -0.351 e. The molecule has 2 amide bonds. The highest BCUT2D eigenvalue weighted by atomic mass is 32.1. The smallest absolute Gasteiger partial charge is 0.267 e. The van der Waals surface area contributed by atoms with Crippen molar-refractivity contribution in [1.29, 1.82) is 0 Å². The van der Waals surface area contributed by atoms with Crippen molar-refractivity contribution in [2.24, 2.45) is 5.10 Å². The fourth-order valence-electron chi connectivity index (χ4n) is 1.49. The van der Waals surface area contributed by atoms with Gasteiger partial charge in [-0.25, -0.2) is 5.43 Å². The second kappa shape index (κ2) is 5.58. The van der Waals surface area contributed by atoms with Crippen LogP contribution in [0.2, 0.25) is 0 Å². The van der Waals surface area contributed by atoms with Gasteiger partial charge in [0, 0.05) is 24.3 Å². The van der Waals surface area contributed by atoms with Crippen molar-refractivity contribution in [3.05, 3.63) is 22.4 Å². The Morgan fingerprint density at radius 2 is 2.41 bits per heavy atom. The van der Waals surface area contributed by atoms with Gasteiger partial charge >= 0.3 is 0 Å².